The molecular formula is C16H17BrN8O4. The number of aromatic hydroxyl groups is 1. The maximum atomic E-state index is 12.5. The van der Waals surface area contributed by atoms with Crippen LogP contribution in [0.1, 0.15) is 35.6 Å². The summed E-state index contributed by atoms with van der Waals surface area (Å²) in [5.41, 5.74) is 9.18. The average Bonchev–Trinajstić information content (AvgIpc) is 3.31. The fourth-order valence-corrected chi connectivity index (χ4v) is 2.92. The second kappa shape index (κ2) is 8.68. The van der Waals surface area contributed by atoms with E-state index in [0.29, 0.717) is 34.5 Å². The van der Waals surface area contributed by atoms with Gasteiger partial charge in [-0.3, -0.25) is 4.79 Å². The van der Waals surface area contributed by atoms with Crippen LogP contribution in [0.2, 0.25) is 0 Å². The highest BCUT2D eigenvalue weighted by molar-refractivity contribution is 9.10. The van der Waals surface area contributed by atoms with Crippen molar-refractivity contribution in [1.82, 2.24) is 30.7 Å². The van der Waals surface area contributed by atoms with Gasteiger partial charge < -0.3 is 15.6 Å². The minimum absolute atomic E-state index is 0.0149. The second-order valence-corrected chi connectivity index (χ2v) is 6.46. The Morgan fingerprint density at radius 2 is 2.24 bits per heavy atom. The van der Waals surface area contributed by atoms with Crippen molar-refractivity contribution >= 4 is 33.9 Å². The first-order valence-corrected chi connectivity index (χ1v) is 9.27. The largest absolute Gasteiger partial charge is 0.503 e. The Kier molecular flexibility index (Phi) is 6.07. The van der Waals surface area contributed by atoms with Crippen molar-refractivity contribution in [2.75, 3.05) is 12.3 Å². The first-order valence-electron chi connectivity index (χ1n) is 8.47. The van der Waals surface area contributed by atoms with Crippen LogP contribution in [0.3, 0.4) is 0 Å². The molecule has 13 heteroatoms. The standard InChI is InChI=1S/C16H17BrN8O4/c1-3-10-12(20-24-25(10)15-14(18)22-29-23-15)16(27)21-19-7-8-5-9(17)13(26)11(6-8)28-4-2/h5-7,26H,3-4H2,1-2H3,(H2,18,22)(H,21,27)/b19-7-. The number of nitrogens with one attached hydrogen (secondary N) is 1. The molecule has 0 aliphatic rings. The van der Waals surface area contributed by atoms with E-state index >= 15 is 0 Å². The van der Waals surface area contributed by atoms with Gasteiger partial charge in [-0.05, 0) is 57.3 Å². The van der Waals surface area contributed by atoms with Crippen molar-refractivity contribution in [3.05, 3.63) is 33.6 Å². The lowest BCUT2D eigenvalue weighted by Gasteiger charge is -2.08. The summed E-state index contributed by atoms with van der Waals surface area (Å²) in [6, 6.07) is 3.22. The van der Waals surface area contributed by atoms with Gasteiger partial charge in [-0.1, -0.05) is 12.1 Å². The van der Waals surface area contributed by atoms with Crippen LogP contribution in [0.4, 0.5) is 5.82 Å². The van der Waals surface area contributed by atoms with Crippen LogP contribution in [0.25, 0.3) is 5.82 Å². The van der Waals surface area contributed by atoms with E-state index in [9.17, 15) is 9.90 Å². The molecule has 29 heavy (non-hydrogen) atoms. The number of hydrogen-bond donors (Lipinski definition) is 3. The Labute approximate surface area is 172 Å². The zero-order valence-corrected chi connectivity index (χ0v) is 17.0. The molecule has 0 unspecified atom stereocenters. The maximum Gasteiger partial charge on any atom is 0.293 e. The molecule has 0 fully saturated rings. The lowest BCUT2D eigenvalue weighted by atomic mass is 10.2. The number of nitrogens with two attached hydrogens (primary N) is 1. The molecule has 0 aliphatic heterocycles. The number of amides is 1. The van der Waals surface area contributed by atoms with Crippen LogP contribution in [-0.2, 0) is 6.42 Å². The summed E-state index contributed by atoms with van der Waals surface area (Å²) in [4.78, 5) is 12.5. The lowest BCUT2D eigenvalue weighted by molar-refractivity contribution is 0.0949. The number of rotatable bonds is 7. The SMILES string of the molecule is CCOc1cc(/C=N\NC(=O)c2nnn(-c3nonc3N)c2CC)cc(Br)c1O. The summed E-state index contributed by atoms with van der Waals surface area (Å²) in [5.74, 6) is -0.113. The van der Waals surface area contributed by atoms with Crippen LogP contribution in [0.15, 0.2) is 26.3 Å². The highest BCUT2D eigenvalue weighted by Crippen LogP contribution is 2.35. The van der Waals surface area contributed by atoms with Gasteiger partial charge in [0.25, 0.3) is 5.91 Å². The van der Waals surface area contributed by atoms with E-state index < -0.39 is 5.91 Å². The van der Waals surface area contributed by atoms with Gasteiger partial charge in [0, 0.05) is 0 Å². The number of aromatic nitrogens is 5. The van der Waals surface area contributed by atoms with Gasteiger partial charge in [0.05, 0.1) is 23.0 Å². The minimum Gasteiger partial charge on any atom is -0.503 e. The predicted molar refractivity (Wildman–Crippen MR) is 105 cm³/mol. The molecule has 0 saturated heterocycles. The summed E-state index contributed by atoms with van der Waals surface area (Å²) in [6.07, 6.45) is 1.83. The quantitative estimate of drug-likeness (QED) is 0.345. The molecule has 2 aromatic heterocycles. The van der Waals surface area contributed by atoms with Gasteiger partial charge in [-0.2, -0.15) is 9.78 Å². The second-order valence-electron chi connectivity index (χ2n) is 5.60. The normalized spacial score (nSPS) is 11.1. The molecule has 1 aromatic carbocycles. The number of carbonyl (C=O) groups is 1. The van der Waals surface area contributed by atoms with E-state index in [2.05, 4.69) is 51.7 Å². The van der Waals surface area contributed by atoms with E-state index in [1.165, 1.54) is 10.9 Å². The number of ether oxygens (including phenoxy) is 1. The van der Waals surface area contributed by atoms with E-state index in [-0.39, 0.29) is 23.1 Å². The Morgan fingerprint density at radius 1 is 1.45 bits per heavy atom. The number of hydrazone groups is 1. The zero-order valence-electron chi connectivity index (χ0n) is 15.5. The number of nitrogens with zero attached hydrogens (tertiary/aromatic N) is 6. The molecule has 1 amide bonds. The molecule has 0 aliphatic carbocycles. The number of carbonyl (C=O) groups excluding carboxylic acids is 1. The zero-order chi connectivity index (χ0) is 21.0. The number of halogens is 1. The van der Waals surface area contributed by atoms with E-state index in [4.69, 9.17) is 10.5 Å². The van der Waals surface area contributed by atoms with Gasteiger partial charge in [0.15, 0.2) is 17.2 Å². The summed E-state index contributed by atoms with van der Waals surface area (Å²) in [6.45, 7) is 4.01. The van der Waals surface area contributed by atoms with Crippen LogP contribution in [-0.4, -0.2) is 49.1 Å². The molecule has 0 bridgehead atoms. The first kappa shape index (κ1) is 20.3. The van der Waals surface area contributed by atoms with Crippen LogP contribution in [0, 0.1) is 0 Å². The van der Waals surface area contributed by atoms with Gasteiger partial charge in [0.2, 0.25) is 11.6 Å². The van der Waals surface area contributed by atoms with E-state index in [1.54, 1.807) is 19.1 Å². The molecule has 0 radical (unpaired) electrons. The summed E-state index contributed by atoms with van der Waals surface area (Å²) >= 11 is 3.24. The molecule has 12 nitrogen and oxygen atoms in total. The van der Waals surface area contributed by atoms with Crippen molar-refractivity contribution < 1.29 is 19.3 Å². The van der Waals surface area contributed by atoms with Crippen molar-refractivity contribution in [2.24, 2.45) is 5.10 Å². The number of nitrogen functional groups attached to an aromatic ring is 1. The van der Waals surface area contributed by atoms with Crippen molar-refractivity contribution in [3.8, 4) is 17.3 Å². The van der Waals surface area contributed by atoms with Crippen molar-refractivity contribution in [1.29, 1.82) is 0 Å². The molecule has 4 N–H and O–H groups in total. The number of hydrogen-bond acceptors (Lipinski definition) is 10. The van der Waals surface area contributed by atoms with Gasteiger partial charge in [-0.15, -0.1) is 5.10 Å². The third kappa shape index (κ3) is 4.18. The number of benzene rings is 1. The number of anilines is 1. The monoisotopic (exact) mass is 464 g/mol. The summed E-state index contributed by atoms with van der Waals surface area (Å²) < 4.78 is 11.6. The highest BCUT2D eigenvalue weighted by Gasteiger charge is 2.22. The summed E-state index contributed by atoms with van der Waals surface area (Å²) in [5, 5.41) is 28.8. The number of phenolic OH excluding ortho intramolecular Hbond substituents is 1. The molecule has 152 valence electrons. The van der Waals surface area contributed by atoms with Crippen LogP contribution in [0.5, 0.6) is 11.5 Å². The molecule has 0 saturated carbocycles. The topological polar surface area (TPSA) is 167 Å². The average molecular weight is 465 g/mol. The predicted octanol–water partition coefficient (Wildman–Crippen LogP) is 1.43. The highest BCUT2D eigenvalue weighted by atomic mass is 79.9. The lowest BCUT2D eigenvalue weighted by Crippen LogP contribution is -2.20. The van der Waals surface area contributed by atoms with E-state index in [1.807, 2.05) is 6.92 Å². The maximum absolute atomic E-state index is 12.5. The molecule has 3 rings (SSSR count). The van der Waals surface area contributed by atoms with Gasteiger partial charge in [-0.25, -0.2) is 10.1 Å². The number of phenols is 1. The fraction of sp³-hybridized carbons (Fsp3) is 0.250. The summed E-state index contributed by atoms with van der Waals surface area (Å²) in [7, 11) is 0. The molecule has 0 spiro atoms. The van der Waals surface area contributed by atoms with Crippen LogP contribution >= 0.6 is 15.9 Å². The van der Waals surface area contributed by atoms with Gasteiger partial charge >= 0.3 is 0 Å². The van der Waals surface area contributed by atoms with Crippen molar-refractivity contribution in [3.63, 3.8) is 0 Å². The first-order chi connectivity index (χ1) is 14.0. The van der Waals surface area contributed by atoms with Crippen molar-refractivity contribution in [2.45, 2.75) is 20.3 Å². The molecule has 2 heterocycles. The molecule has 0 atom stereocenters. The Hall–Kier alpha value is -3.48. The Bertz CT molecular complexity index is 1060. The fourth-order valence-electron chi connectivity index (χ4n) is 2.46. The molecule has 3 aromatic rings. The van der Waals surface area contributed by atoms with Crippen LogP contribution < -0.4 is 15.9 Å². The third-order valence-corrected chi connectivity index (χ3v) is 4.34. The minimum atomic E-state index is -0.567. The smallest absolute Gasteiger partial charge is 0.293 e. The third-order valence-electron chi connectivity index (χ3n) is 3.74. The van der Waals surface area contributed by atoms with E-state index in [0.717, 1.165) is 0 Å². The van der Waals surface area contributed by atoms with Gasteiger partial charge in [0.1, 0.15) is 0 Å². The Balaban J connectivity index is 1.78. The Morgan fingerprint density at radius 3 is 2.90 bits per heavy atom. The molecular weight excluding hydrogens is 448 g/mol.